The number of amides is 2. The smallest absolute Gasteiger partial charge is 0.261 e. The molecule has 1 atom stereocenters. The normalized spacial score (nSPS) is 17.4. The average Bonchev–Trinajstić information content (AvgIpc) is 3.25. The van der Waals surface area contributed by atoms with E-state index in [0.717, 1.165) is 25.1 Å². The van der Waals surface area contributed by atoms with E-state index in [-0.39, 0.29) is 24.5 Å². The van der Waals surface area contributed by atoms with Gasteiger partial charge in [-0.2, -0.15) is 0 Å². The number of rotatable bonds is 6. The van der Waals surface area contributed by atoms with Crippen LogP contribution in [0.25, 0.3) is 0 Å². The molecule has 1 aliphatic rings. The molecule has 1 saturated heterocycles. The number of nitrogens with zero attached hydrogens (tertiary/aromatic N) is 1. The molecule has 6 nitrogen and oxygen atoms in total. The Kier molecular flexibility index (Phi) is 5.80. The van der Waals surface area contributed by atoms with Gasteiger partial charge < -0.3 is 15.7 Å². The van der Waals surface area contributed by atoms with Gasteiger partial charge in [0.25, 0.3) is 5.91 Å². The predicted molar refractivity (Wildman–Crippen MR) is 97.6 cm³/mol. The third-order valence-corrected chi connectivity index (χ3v) is 4.89. The standard InChI is InChI=1S/C18H21N3O3S/c22-15-6-7-21(12-15)11-13-3-1-4-14(9-13)20-17(23)10-19-18(24)16-5-2-8-25-16/h1-5,8-9,15,22H,6-7,10-12H2,(H,19,24)(H,20,23). The molecule has 3 rings (SSSR count). The van der Waals surface area contributed by atoms with Crippen molar-refractivity contribution in [1.82, 2.24) is 10.2 Å². The van der Waals surface area contributed by atoms with Gasteiger partial charge in [0, 0.05) is 25.3 Å². The number of benzene rings is 1. The molecule has 0 radical (unpaired) electrons. The van der Waals surface area contributed by atoms with Crippen LogP contribution in [-0.4, -0.2) is 47.6 Å². The molecule has 7 heteroatoms. The van der Waals surface area contributed by atoms with Crippen molar-refractivity contribution in [2.75, 3.05) is 25.0 Å². The van der Waals surface area contributed by atoms with Gasteiger partial charge in [0.2, 0.25) is 5.91 Å². The van der Waals surface area contributed by atoms with Gasteiger partial charge in [0.1, 0.15) is 0 Å². The lowest BCUT2D eigenvalue weighted by atomic mass is 10.2. The number of aliphatic hydroxyl groups excluding tert-OH is 1. The van der Waals surface area contributed by atoms with E-state index in [1.165, 1.54) is 11.3 Å². The predicted octanol–water partition coefficient (Wildman–Crippen LogP) is 1.68. The number of thiophene rings is 1. The average molecular weight is 359 g/mol. The van der Waals surface area contributed by atoms with Gasteiger partial charge in [-0.3, -0.25) is 14.5 Å². The molecule has 0 bridgehead atoms. The van der Waals surface area contributed by atoms with E-state index in [2.05, 4.69) is 15.5 Å². The summed E-state index contributed by atoms with van der Waals surface area (Å²) in [7, 11) is 0. The number of nitrogens with one attached hydrogen (secondary N) is 2. The van der Waals surface area contributed by atoms with Crippen molar-refractivity contribution in [2.45, 2.75) is 19.1 Å². The first-order chi connectivity index (χ1) is 12.1. The quantitative estimate of drug-likeness (QED) is 0.733. The van der Waals surface area contributed by atoms with Crippen molar-refractivity contribution in [3.8, 4) is 0 Å². The van der Waals surface area contributed by atoms with Crippen LogP contribution in [0, 0.1) is 0 Å². The molecule has 132 valence electrons. The zero-order chi connectivity index (χ0) is 17.6. The molecule has 0 aliphatic carbocycles. The Bertz CT molecular complexity index is 733. The Balaban J connectivity index is 1.49. The first-order valence-electron chi connectivity index (χ1n) is 8.21. The number of hydrogen-bond acceptors (Lipinski definition) is 5. The summed E-state index contributed by atoms with van der Waals surface area (Å²) in [5.74, 6) is -0.509. The molecular weight excluding hydrogens is 338 g/mol. The van der Waals surface area contributed by atoms with E-state index in [1.807, 2.05) is 29.6 Å². The maximum absolute atomic E-state index is 12.0. The van der Waals surface area contributed by atoms with Crippen LogP contribution in [0.1, 0.15) is 21.7 Å². The number of aliphatic hydroxyl groups is 1. The zero-order valence-electron chi connectivity index (χ0n) is 13.8. The fourth-order valence-electron chi connectivity index (χ4n) is 2.82. The summed E-state index contributed by atoms with van der Waals surface area (Å²) in [6.45, 7) is 2.24. The van der Waals surface area contributed by atoms with Gasteiger partial charge in [-0.05, 0) is 35.6 Å². The number of hydrogen-bond donors (Lipinski definition) is 3. The second kappa shape index (κ2) is 8.24. The van der Waals surface area contributed by atoms with Crippen LogP contribution in [0.4, 0.5) is 5.69 Å². The zero-order valence-corrected chi connectivity index (χ0v) is 14.6. The van der Waals surface area contributed by atoms with Crippen LogP contribution in [0.5, 0.6) is 0 Å². The Morgan fingerprint density at radius 3 is 2.88 bits per heavy atom. The monoisotopic (exact) mass is 359 g/mol. The molecule has 1 unspecified atom stereocenters. The van der Waals surface area contributed by atoms with Crippen molar-refractivity contribution >= 4 is 28.8 Å². The number of carbonyl (C=O) groups is 2. The van der Waals surface area contributed by atoms with E-state index < -0.39 is 0 Å². The second-order valence-corrected chi connectivity index (χ2v) is 7.03. The SMILES string of the molecule is O=C(CNC(=O)c1cccs1)Nc1cccc(CN2CCC(O)C2)c1. The number of β-amino-alcohol motifs (C(OH)–C–C–N with tert-alkyl or cyclic N) is 1. The lowest BCUT2D eigenvalue weighted by molar-refractivity contribution is -0.115. The van der Waals surface area contributed by atoms with Crippen LogP contribution >= 0.6 is 11.3 Å². The lowest BCUT2D eigenvalue weighted by Gasteiger charge is -2.15. The van der Waals surface area contributed by atoms with Gasteiger partial charge in [-0.15, -0.1) is 11.3 Å². The highest BCUT2D eigenvalue weighted by molar-refractivity contribution is 7.12. The first-order valence-corrected chi connectivity index (χ1v) is 9.09. The summed E-state index contributed by atoms with van der Waals surface area (Å²) >= 11 is 1.34. The molecule has 1 aromatic heterocycles. The second-order valence-electron chi connectivity index (χ2n) is 6.09. The number of likely N-dealkylation sites (tertiary alicyclic amines) is 1. The lowest BCUT2D eigenvalue weighted by Crippen LogP contribution is -2.32. The minimum atomic E-state index is -0.265. The Morgan fingerprint density at radius 2 is 2.16 bits per heavy atom. The summed E-state index contributed by atoms with van der Waals surface area (Å²) in [5.41, 5.74) is 1.78. The van der Waals surface area contributed by atoms with Gasteiger partial charge in [0.05, 0.1) is 17.5 Å². The molecule has 2 heterocycles. The van der Waals surface area contributed by atoms with E-state index in [9.17, 15) is 14.7 Å². The van der Waals surface area contributed by atoms with E-state index in [1.54, 1.807) is 12.1 Å². The maximum Gasteiger partial charge on any atom is 0.261 e. The van der Waals surface area contributed by atoms with Crippen LogP contribution in [0.2, 0.25) is 0 Å². The largest absolute Gasteiger partial charge is 0.392 e. The molecule has 25 heavy (non-hydrogen) atoms. The van der Waals surface area contributed by atoms with Crippen molar-refractivity contribution in [3.63, 3.8) is 0 Å². The molecule has 2 aromatic rings. The molecular formula is C18H21N3O3S. The summed E-state index contributed by atoms with van der Waals surface area (Å²) in [6.07, 6.45) is 0.565. The third kappa shape index (κ3) is 5.12. The first kappa shape index (κ1) is 17.6. The summed E-state index contributed by atoms with van der Waals surface area (Å²) in [4.78, 5) is 26.6. The van der Waals surface area contributed by atoms with Gasteiger partial charge in [0.15, 0.2) is 0 Å². The van der Waals surface area contributed by atoms with Crippen LogP contribution < -0.4 is 10.6 Å². The summed E-state index contributed by atoms with van der Waals surface area (Å²) < 4.78 is 0. The Morgan fingerprint density at radius 1 is 1.28 bits per heavy atom. The summed E-state index contributed by atoms with van der Waals surface area (Å²) in [6, 6.07) is 11.1. The summed E-state index contributed by atoms with van der Waals surface area (Å²) in [5, 5.41) is 16.8. The molecule has 0 spiro atoms. The molecule has 1 aliphatic heterocycles. The van der Waals surface area contributed by atoms with Gasteiger partial charge in [-0.25, -0.2) is 0 Å². The van der Waals surface area contributed by atoms with Crippen LogP contribution in [0.3, 0.4) is 0 Å². The van der Waals surface area contributed by atoms with Gasteiger partial charge >= 0.3 is 0 Å². The van der Waals surface area contributed by atoms with Crippen molar-refractivity contribution in [2.24, 2.45) is 0 Å². The number of anilines is 1. The maximum atomic E-state index is 12.0. The van der Waals surface area contributed by atoms with Crippen molar-refractivity contribution in [3.05, 3.63) is 52.2 Å². The third-order valence-electron chi connectivity index (χ3n) is 4.02. The molecule has 3 N–H and O–H groups in total. The minimum Gasteiger partial charge on any atom is -0.392 e. The Labute approximate surface area is 150 Å². The molecule has 0 saturated carbocycles. The topological polar surface area (TPSA) is 81.7 Å². The highest BCUT2D eigenvalue weighted by Gasteiger charge is 2.20. The number of carbonyl (C=O) groups excluding carboxylic acids is 2. The van der Waals surface area contributed by atoms with Crippen molar-refractivity contribution < 1.29 is 14.7 Å². The fourth-order valence-corrected chi connectivity index (χ4v) is 3.46. The van der Waals surface area contributed by atoms with Crippen LogP contribution in [0.15, 0.2) is 41.8 Å². The highest BCUT2D eigenvalue weighted by atomic mass is 32.1. The highest BCUT2D eigenvalue weighted by Crippen LogP contribution is 2.16. The van der Waals surface area contributed by atoms with E-state index in [4.69, 9.17) is 0 Å². The molecule has 1 fully saturated rings. The van der Waals surface area contributed by atoms with Crippen LogP contribution in [-0.2, 0) is 11.3 Å². The molecule has 2 amide bonds. The van der Waals surface area contributed by atoms with Crippen molar-refractivity contribution in [1.29, 1.82) is 0 Å². The Hall–Kier alpha value is -2.22. The molecule has 1 aromatic carbocycles. The van der Waals surface area contributed by atoms with Gasteiger partial charge in [-0.1, -0.05) is 18.2 Å². The van der Waals surface area contributed by atoms with E-state index in [0.29, 0.717) is 17.1 Å². The van der Waals surface area contributed by atoms with E-state index >= 15 is 0 Å². The minimum absolute atomic E-state index is 0.0702. The fraction of sp³-hybridized carbons (Fsp3) is 0.333.